The minimum absolute atomic E-state index is 0.00741. The average molecular weight is 408 g/mol. The summed E-state index contributed by atoms with van der Waals surface area (Å²) < 4.78 is 11.9. The first-order valence-electron chi connectivity index (χ1n) is 10.1. The van der Waals surface area contributed by atoms with Gasteiger partial charge in [0.15, 0.2) is 5.43 Å². The molecular weight excluding hydrogens is 384 g/mol. The van der Waals surface area contributed by atoms with Crippen LogP contribution in [0.3, 0.4) is 0 Å². The van der Waals surface area contributed by atoms with Crippen LogP contribution in [0.4, 0.5) is 5.69 Å². The van der Waals surface area contributed by atoms with Gasteiger partial charge >= 0.3 is 0 Å². The smallest absolute Gasteiger partial charge is 0.269 e. The van der Waals surface area contributed by atoms with Crippen molar-refractivity contribution in [2.75, 3.05) is 20.2 Å². The van der Waals surface area contributed by atoms with Crippen LogP contribution in [-0.4, -0.2) is 30.0 Å². The Morgan fingerprint density at radius 1 is 1.10 bits per heavy atom. The Morgan fingerprint density at radius 3 is 2.43 bits per heavy atom. The molecule has 0 spiro atoms. The number of non-ortho nitro benzene ring substituents is 1. The number of likely N-dealkylation sites (tertiary alicyclic amines) is 1. The van der Waals surface area contributed by atoms with E-state index in [2.05, 4.69) is 4.90 Å². The molecule has 7 nitrogen and oxygen atoms in total. The molecule has 1 aromatic heterocycles. The van der Waals surface area contributed by atoms with E-state index in [0.717, 1.165) is 31.5 Å². The van der Waals surface area contributed by atoms with E-state index < -0.39 is 4.92 Å². The van der Waals surface area contributed by atoms with Crippen LogP contribution in [0.5, 0.6) is 5.75 Å². The summed E-state index contributed by atoms with van der Waals surface area (Å²) in [6, 6.07) is 9.62. The largest absolute Gasteiger partial charge is 0.496 e. The molecule has 2 aromatic carbocycles. The topological polar surface area (TPSA) is 85.8 Å². The zero-order valence-electron chi connectivity index (χ0n) is 17.1. The van der Waals surface area contributed by atoms with Crippen LogP contribution in [0.25, 0.3) is 22.3 Å². The monoisotopic (exact) mass is 408 g/mol. The van der Waals surface area contributed by atoms with Gasteiger partial charge in [0.05, 0.1) is 23.0 Å². The molecule has 3 aromatic rings. The molecule has 0 saturated carbocycles. The highest BCUT2D eigenvalue weighted by atomic mass is 16.6. The van der Waals surface area contributed by atoms with Crippen LogP contribution in [0.2, 0.25) is 0 Å². The highest BCUT2D eigenvalue weighted by molar-refractivity contribution is 5.85. The Labute approximate surface area is 174 Å². The van der Waals surface area contributed by atoms with Crippen molar-refractivity contribution in [2.24, 2.45) is 0 Å². The molecular formula is C23H24N2O5. The predicted octanol–water partition coefficient (Wildman–Crippen LogP) is 4.67. The Morgan fingerprint density at radius 2 is 1.80 bits per heavy atom. The van der Waals surface area contributed by atoms with Crippen LogP contribution >= 0.6 is 0 Å². The number of fused-ring (bicyclic) bond motifs is 1. The van der Waals surface area contributed by atoms with E-state index in [1.165, 1.54) is 18.6 Å². The van der Waals surface area contributed by atoms with Gasteiger partial charge in [0, 0.05) is 29.8 Å². The highest BCUT2D eigenvalue weighted by Gasteiger charge is 2.21. The minimum Gasteiger partial charge on any atom is -0.496 e. The minimum atomic E-state index is -0.450. The SMILES string of the molecule is COc1ccc2c(=O)c(C)c(-c3ccc([N+](=O)[O-])cc3)oc2c1CN1CCCCC1. The van der Waals surface area contributed by atoms with E-state index in [1.54, 1.807) is 32.2 Å². The quantitative estimate of drug-likeness (QED) is 0.450. The molecule has 1 aliphatic rings. The summed E-state index contributed by atoms with van der Waals surface area (Å²) >= 11 is 0. The maximum absolute atomic E-state index is 13.1. The first-order chi connectivity index (χ1) is 14.5. The lowest BCUT2D eigenvalue weighted by atomic mass is 10.0. The summed E-state index contributed by atoms with van der Waals surface area (Å²) in [6.45, 7) is 4.37. The second-order valence-corrected chi connectivity index (χ2v) is 7.65. The van der Waals surface area contributed by atoms with Crippen molar-refractivity contribution in [2.45, 2.75) is 32.7 Å². The van der Waals surface area contributed by atoms with Crippen LogP contribution < -0.4 is 10.2 Å². The fourth-order valence-electron chi connectivity index (χ4n) is 4.08. The van der Waals surface area contributed by atoms with Crippen LogP contribution in [0.1, 0.15) is 30.4 Å². The van der Waals surface area contributed by atoms with Gasteiger partial charge in [0.1, 0.15) is 17.1 Å². The van der Waals surface area contributed by atoms with Gasteiger partial charge < -0.3 is 9.15 Å². The third-order valence-corrected chi connectivity index (χ3v) is 5.74. The molecule has 0 aliphatic carbocycles. The summed E-state index contributed by atoms with van der Waals surface area (Å²) in [5, 5.41) is 11.5. The number of nitro benzene ring substituents is 1. The van der Waals surface area contributed by atoms with Crippen molar-refractivity contribution in [3.63, 3.8) is 0 Å². The van der Waals surface area contributed by atoms with Crippen molar-refractivity contribution in [1.82, 2.24) is 4.90 Å². The normalized spacial score (nSPS) is 14.7. The van der Waals surface area contributed by atoms with Crippen molar-refractivity contribution in [3.8, 4) is 17.1 Å². The molecule has 0 atom stereocenters. The third-order valence-electron chi connectivity index (χ3n) is 5.74. The first-order valence-corrected chi connectivity index (χ1v) is 10.1. The van der Waals surface area contributed by atoms with Crippen molar-refractivity contribution < 1.29 is 14.1 Å². The van der Waals surface area contributed by atoms with E-state index >= 15 is 0 Å². The molecule has 156 valence electrons. The number of ether oxygens (including phenoxy) is 1. The maximum atomic E-state index is 13.1. The molecule has 0 radical (unpaired) electrons. The number of methoxy groups -OCH3 is 1. The fraction of sp³-hybridized carbons (Fsp3) is 0.348. The van der Waals surface area contributed by atoms with Crippen molar-refractivity contribution >= 4 is 16.7 Å². The number of nitro groups is 1. The molecule has 2 heterocycles. The number of rotatable bonds is 5. The van der Waals surface area contributed by atoms with Crippen molar-refractivity contribution in [3.05, 3.63) is 67.9 Å². The number of hydrogen-bond acceptors (Lipinski definition) is 6. The van der Waals surface area contributed by atoms with Gasteiger partial charge in [-0.3, -0.25) is 19.8 Å². The zero-order valence-corrected chi connectivity index (χ0v) is 17.1. The fourth-order valence-corrected chi connectivity index (χ4v) is 4.08. The summed E-state index contributed by atoms with van der Waals surface area (Å²) in [6.07, 6.45) is 3.55. The lowest BCUT2D eigenvalue weighted by molar-refractivity contribution is -0.384. The Kier molecular flexibility index (Phi) is 5.55. The average Bonchev–Trinajstić information content (AvgIpc) is 2.77. The Bertz CT molecular complexity index is 1140. The van der Waals surface area contributed by atoms with E-state index in [9.17, 15) is 14.9 Å². The van der Waals surface area contributed by atoms with Gasteiger partial charge in [-0.25, -0.2) is 0 Å². The molecule has 0 amide bonds. The molecule has 7 heteroatoms. The second-order valence-electron chi connectivity index (χ2n) is 7.65. The number of hydrogen-bond donors (Lipinski definition) is 0. The zero-order chi connectivity index (χ0) is 21.3. The molecule has 0 unspecified atom stereocenters. The summed E-state index contributed by atoms with van der Waals surface area (Å²) in [7, 11) is 1.62. The lowest BCUT2D eigenvalue weighted by Crippen LogP contribution is -2.29. The van der Waals surface area contributed by atoms with Crippen LogP contribution in [-0.2, 0) is 6.54 Å². The molecule has 4 rings (SSSR count). The predicted molar refractivity (Wildman–Crippen MR) is 115 cm³/mol. The van der Waals surface area contributed by atoms with Gasteiger partial charge in [-0.15, -0.1) is 0 Å². The first kappa shape index (κ1) is 20.1. The van der Waals surface area contributed by atoms with Gasteiger partial charge in [0.25, 0.3) is 5.69 Å². The molecule has 1 saturated heterocycles. The van der Waals surface area contributed by atoms with E-state index in [1.807, 2.05) is 6.07 Å². The molecule has 1 aliphatic heterocycles. The van der Waals surface area contributed by atoms with Gasteiger partial charge in [-0.2, -0.15) is 0 Å². The van der Waals surface area contributed by atoms with E-state index in [4.69, 9.17) is 9.15 Å². The number of piperidine rings is 1. The summed E-state index contributed by atoms with van der Waals surface area (Å²) in [5.41, 5.74) is 2.37. The highest BCUT2D eigenvalue weighted by Crippen LogP contribution is 2.33. The van der Waals surface area contributed by atoms with Gasteiger partial charge in [-0.1, -0.05) is 6.42 Å². The maximum Gasteiger partial charge on any atom is 0.269 e. The number of benzene rings is 2. The second kappa shape index (κ2) is 8.28. The number of nitrogens with zero attached hydrogens (tertiary/aromatic N) is 2. The molecule has 0 N–H and O–H groups in total. The summed E-state index contributed by atoms with van der Waals surface area (Å²) in [4.78, 5) is 26.0. The molecule has 30 heavy (non-hydrogen) atoms. The molecule has 0 bridgehead atoms. The van der Waals surface area contributed by atoms with E-state index in [-0.39, 0.29) is 11.1 Å². The third kappa shape index (κ3) is 3.68. The Hall–Kier alpha value is -3.19. The summed E-state index contributed by atoms with van der Waals surface area (Å²) in [5.74, 6) is 1.12. The van der Waals surface area contributed by atoms with Crippen LogP contribution in [0, 0.1) is 17.0 Å². The molecule has 1 fully saturated rings. The Balaban J connectivity index is 1.88. The van der Waals surface area contributed by atoms with Gasteiger partial charge in [-0.05, 0) is 57.1 Å². The van der Waals surface area contributed by atoms with E-state index in [0.29, 0.717) is 40.2 Å². The van der Waals surface area contributed by atoms with Gasteiger partial charge in [0.2, 0.25) is 0 Å². The van der Waals surface area contributed by atoms with Crippen LogP contribution in [0.15, 0.2) is 45.6 Å². The standard InChI is InChI=1S/C23H24N2O5/c1-15-21(26)18-10-11-20(29-2)19(14-24-12-4-3-5-13-24)23(18)30-22(15)16-6-8-17(9-7-16)25(27)28/h6-11H,3-5,12-14H2,1-2H3. The lowest BCUT2D eigenvalue weighted by Gasteiger charge is -2.27. The van der Waals surface area contributed by atoms with Crippen molar-refractivity contribution in [1.29, 1.82) is 0 Å².